The lowest BCUT2D eigenvalue weighted by molar-refractivity contribution is -0.118. The highest BCUT2D eigenvalue weighted by Crippen LogP contribution is 2.28. The van der Waals surface area contributed by atoms with Crippen LogP contribution in [0.2, 0.25) is 0 Å². The maximum absolute atomic E-state index is 11.9. The van der Waals surface area contributed by atoms with Crippen molar-refractivity contribution in [2.75, 3.05) is 51.3 Å². The molecule has 1 N–H and O–H groups in total. The van der Waals surface area contributed by atoms with Crippen LogP contribution in [-0.2, 0) is 4.79 Å². The second-order valence-corrected chi connectivity index (χ2v) is 6.28. The Morgan fingerprint density at radius 1 is 1.12 bits per heavy atom. The van der Waals surface area contributed by atoms with E-state index in [1.807, 2.05) is 37.8 Å². The molecule has 1 aromatic rings. The monoisotopic (exact) mass is 340 g/mol. The number of nitrogens with zero attached hydrogens (tertiary/aromatic N) is 2. The van der Waals surface area contributed by atoms with E-state index in [1.54, 1.807) is 7.11 Å². The Balaban J connectivity index is 1.34. The number of carbonyl (C=O) groups excluding carboxylic acids is 1. The first-order valence-electron chi connectivity index (χ1n) is 8.88. The maximum Gasteiger partial charge on any atom is 0.227 e. The van der Waals surface area contributed by atoms with Gasteiger partial charge in [-0.05, 0) is 50.8 Å². The highest BCUT2D eigenvalue weighted by atomic mass is 16.5. The second kappa shape index (κ2) is 9.09. The molecule has 5 heteroatoms. The molecule has 5 nitrogen and oxygen atoms in total. The Kier molecular flexibility index (Phi) is 6.56. The van der Waals surface area contributed by atoms with E-state index in [0.29, 0.717) is 0 Å². The Hall–Kier alpha value is -1.75. The fraction of sp³-hybridized carbons (Fsp3) is 0.400. The Morgan fingerprint density at radius 3 is 2.56 bits per heavy atom. The average molecular weight is 340 g/mol. The van der Waals surface area contributed by atoms with Crippen molar-refractivity contribution in [1.82, 2.24) is 10.2 Å². The standard InChI is InChI=1S/C20H26N3O2/c1-25-19-10-5-4-9-18(19)23-15-13-22(14-16-23)12-6-11-21-20(24)17-7-2-3-8-17/h2-5,7-10H,6,11-16H2,1H3,(H,21,24). The van der Waals surface area contributed by atoms with Crippen LogP contribution in [0.5, 0.6) is 5.75 Å². The molecule has 25 heavy (non-hydrogen) atoms. The van der Waals surface area contributed by atoms with Gasteiger partial charge in [-0.3, -0.25) is 9.69 Å². The van der Waals surface area contributed by atoms with Crippen molar-refractivity contribution < 1.29 is 9.53 Å². The lowest BCUT2D eigenvalue weighted by Gasteiger charge is -2.36. The zero-order chi connectivity index (χ0) is 17.5. The zero-order valence-corrected chi connectivity index (χ0v) is 14.8. The molecular weight excluding hydrogens is 314 g/mol. The topological polar surface area (TPSA) is 44.8 Å². The molecule has 1 aliphatic carbocycles. The van der Waals surface area contributed by atoms with Gasteiger partial charge in [0.25, 0.3) is 0 Å². The summed E-state index contributed by atoms with van der Waals surface area (Å²) in [6.45, 7) is 5.81. The number of piperazine rings is 1. The van der Waals surface area contributed by atoms with Crippen molar-refractivity contribution in [2.45, 2.75) is 6.42 Å². The van der Waals surface area contributed by atoms with Crippen LogP contribution in [0, 0.1) is 31.6 Å². The van der Waals surface area contributed by atoms with Crippen LogP contribution in [-0.4, -0.2) is 57.2 Å². The lowest BCUT2D eigenvalue weighted by Crippen LogP contribution is -2.47. The van der Waals surface area contributed by atoms with E-state index in [4.69, 9.17) is 4.74 Å². The average Bonchev–Trinajstić information content (AvgIpc) is 3.20. The molecule has 1 saturated carbocycles. The number of rotatable bonds is 7. The van der Waals surface area contributed by atoms with Crippen molar-refractivity contribution in [3.05, 3.63) is 55.9 Å². The van der Waals surface area contributed by atoms with Crippen LogP contribution in [0.1, 0.15) is 6.42 Å². The van der Waals surface area contributed by atoms with Gasteiger partial charge in [0.2, 0.25) is 5.91 Å². The van der Waals surface area contributed by atoms with Gasteiger partial charge in [0, 0.05) is 32.7 Å². The number of hydrogen-bond acceptors (Lipinski definition) is 4. The van der Waals surface area contributed by atoms with Crippen molar-refractivity contribution in [3.63, 3.8) is 0 Å². The second-order valence-electron chi connectivity index (χ2n) is 6.28. The molecule has 1 amide bonds. The molecule has 1 heterocycles. The third-order valence-electron chi connectivity index (χ3n) is 4.66. The largest absolute Gasteiger partial charge is 0.495 e. The number of amides is 1. The number of benzene rings is 1. The third-order valence-corrected chi connectivity index (χ3v) is 4.66. The number of methoxy groups -OCH3 is 1. The number of ether oxygens (including phenoxy) is 1. The first-order chi connectivity index (χ1) is 12.3. The first-order valence-corrected chi connectivity index (χ1v) is 8.88. The van der Waals surface area contributed by atoms with E-state index in [0.717, 1.165) is 57.4 Å². The minimum Gasteiger partial charge on any atom is -0.495 e. The van der Waals surface area contributed by atoms with Gasteiger partial charge in [0.1, 0.15) is 5.75 Å². The molecule has 2 aliphatic rings. The van der Waals surface area contributed by atoms with E-state index in [-0.39, 0.29) is 5.91 Å². The summed E-state index contributed by atoms with van der Waals surface area (Å²) in [6.07, 6.45) is 8.42. The predicted molar refractivity (Wildman–Crippen MR) is 99.7 cm³/mol. The molecule has 0 aromatic heterocycles. The Bertz CT molecular complexity index is 550. The fourth-order valence-electron chi connectivity index (χ4n) is 3.24. The normalized spacial score (nSPS) is 19.2. The molecule has 2 fully saturated rings. The van der Waals surface area contributed by atoms with Gasteiger partial charge in [-0.2, -0.15) is 0 Å². The van der Waals surface area contributed by atoms with E-state index >= 15 is 0 Å². The third kappa shape index (κ3) is 4.88. The van der Waals surface area contributed by atoms with Crippen molar-refractivity contribution >= 4 is 11.6 Å². The highest BCUT2D eigenvalue weighted by Gasteiger charge is 2.24. The van der Waals surface area contributed by atoms with E-state index in [2.05, 4.69) is 27.2 Å². The smallest absolute Gasteiger partial charge is 0.227 e. The van der Waals surface area contributed by atoms with Crippen LogP contribution >= 0.6 is 0 Å². The van der Waals surface area contributed by atoms with Gasteiger partial charge in [-0.1, -0.05) is 12.1 Å². The minimum absolute atomic E-state index is 0.0194. The lowest BCUT2D eigenvalue weighted by atomic mass is 10.1. The molecule has 133 valence electrons. The molecular formula is C20H26N3O2. The van der Waals surface area contributed by atoms with E-state index in [9.17, 15) is 4.79 Å². The number of hydrogen-bond donors (Lipinski definition) is 1. The first kappa shape index (κ1) is 18.1. The molecule has 0 atom stereocenters. The van der Waals surface area contributed by atoms with Crippen molar-refractivity contribution in [2.24, 2.45) is 0 Å². The summed E-state index contributed by atoms with van der Waals surface area (Å²) in [6, 6.07) is 8.19. The SMILES string of the molecule is COc1ccccc1N1CCN(CCCNC(=O)[C]2[CH][CH][CH][CH]2)CC1. The summed E-state index contributed by atoms with van der Waals surface area (Å²) < 4.78 is 5.46. The Labute approximate surface area is 151 Å². The van der Waals surface area contributed by atoms with E-state index < -0.39 is 0 Å². The van der Waals surface area contributed by atoms with Gasteiger partial charge in [0.15, 0.2) is 0 Å². The van der Waals surface area contributed by atoms with Crippen molar-refractivity contribution in [3.8, 4) is 5.75 Å². The van der Waals surface area contributed by atoms with Crippen molar-refractivity contribution in [1.29, 1.82) is 0 Å². The van der Waals surface area contributed by atoms with Gasteiger partial charge in [-0.25, -0.2) is 0 Å². The summed E-state index contributed by atoms with van der Waals surface area (Å²) in [5.41, 5.74) is 1.17. The molecule has 0 spiro atoms. The van der Waals surface area contributed by atoms with Gasteiger partial charge < -0.3 is 15.0 Å². The number of nitrogens with one attached hydrogen (secondary N) is 1. The minimum atomic E-state index is 0.0194. The summed E-state index contributed by atoms with van der Waals surface area (Å²) in [5, 5.41) is 2.98. The fourth-order valence-corrected chi connectivity index (χ4v) is 3.24. The van der Waals surface area contributed by atoms with Crippen LogP contribution < -0.4 is 15.0 Å². The van der Waals surface area contributed by atoms with E-state index in [1.165, 1.54) is 5.69 Å². The van der Waals surface area contributed by atoms with Crippen LogP contribution in [0.4, 0.5) is 5.69 Å². The number of para-hydroxylation sites is 2. The van der Waals surface area contributed by atoms with Crippen LogP contribution in [0.15, 0.2) is 24.3 Å². The molecule has 0 bridgehead atoms. The molecule has 0 unspecified atom stereocenters. The summed E-state index contributed by atoms with van der Waals surface area (Å²) in [5.74, 6) is 1.70. The number of carbonyl (C=O) groups is 1. The molecule has 1 aliphatic heterocycles. The predicted octanol–water partition coefficient (Wildman–Crippen LogP) is 1.73. The van der Waals surface area contributed by atoms with Crippen LogP contribution in [0.25, 0.3) is 0 Å². The summed E-state index contributed by atoms with van der Waals surface area (Å²) >= 11 is 0. The summed E-state index contributed by atoms with van der Waals surface area (Å²) in [7, 11) is 1.72. The molecule has 5 radical (unpaired) electrons. The van der Waals surface area contributed by atoms with Gasteiger partial charge >= 0.3 is 0 Å². The molecule has 3 rings (SSSR count). The number of anilines is 1. The summed E-state index contributed by atoms with van der Waals surface area (Å²) in [4.78, 5) is 16.7. The molecule has 1 aromatic carbocycles. The quantitative estimate of drug-likeness (QED) is 0.768. The Morgan fingerprint density at radius 2 is 1.84 bits per heavy atom. The zero-order valence-electron chi connectivity index (χ0n) is 14.8. The van der Waals surface area contributed by atoms with Gasteiger partial charge in [-0.15, -0.1) is 0 Å². The van der Waals surface area contributed by atoms with Crippen LogP contribution in [0.3, 0.4) is 0 Å². The maximum atomic E-state index is 11.9. The molecule has 1 saturated heterocycles. The highest BCUT2D eigenvalue weighted by molar-refractivity contribution is 5.95. The van der Waals surface area contributed by atoms with Gasteiger partial charge in [0.05, 0.1) is 18.7 Å².